The number of aryl methyl sites for hydroxylation is 2. The SMILES string of the molecule is Cc1ccc2oc(-c3ccc(C(=O)N4CCN(c5nnc(C)s5)CC4)cc3)cc(=O)c2c1. The molecule has 0 radical (unpaired) electrons. The van der Waals surface area contributed by atoms with Crippen molar-refractivity contribution < 1.29 is 9.21 Å². The Labute approximate surface area is 188 Å². The number of amides is 1. The summed E-state index contributed by atoms with van der Waals surface area (Å²) in [6.07, 6.45) is 0. The highest BCUT2D eigenvalue weighted by molar-refractivity contribution is 7.15. The van der Waals surface area contributed by atoms with Crippen molar-refractivity contribution >= 4 is 33.3 Å². The predicted octanol–water partition coefficient (Wildman–Crippen LogP) is 3.89. The van der Waals surface area contributed by atoms with Gasteiger partial charge in [0.25, 0.3) is 5.91 Å². The molecule has 0 aliphatic carbocycles. The average Bonchev–Trinajstić information content (AvgIpc) is 3.25. The van der Waals surface area contributed by atoms with E-state index in [2.05, 4.69) is 15.1 Å². The second kappa shape index (κ2) is 8.20. The number of nitrogens with zero attached hydrogens (tertiary/aromatic N) is 4. The maximum Gasteiger partial charge on any atom is 0.253 e. The molecule has 2 aromatic carbocycles. The third kappa shape index (κ3) is 3.89. The van der Waals surface area contributed by atoms with Crippen LogP contribution in [0.3, 0.4) is 0 Å². The predicted molar refractivity (Wildman–Crippen MR) is 125 cm³/mol. The Morgan fingerprint density at radius 2 is 1.72 bits per heavy atom. The highest BCUT2D eigenvalue weighted by Gasteiger charge is 2.24. The Morgan fingerprint density at radius 3 is 2.41 bits per heavy atom. The van der Waals surface area contributed by atoms with Crippen molar-refractivity contribution in [2.24, 2.45) is 0 Å². The van der Waals surface area contributed by atoms with Crippen molar-refractivity contribution in [1.29, 1.82) is 0 Å². The molecule has 1 fully saturated rings. The van der Waals surface area contributed by atoms with Gasteiger partial charge >= 0.3 is 0 Å². The molecule has 1 aliphatic rings. The summed E-state index contributed by atoms with van der Waals surface area (Å²) in [5.41, 5.74) is 2.88. The molecule has 0 saturated carbocycles. The average molecular weight is 447 g/mol. The lowest BCUT2D eigenvalue weighted by Gasteiger charge is -2.34. The van der Waals surface area contributed by atoms with E-state index in [-0.39, 0.29) is 11.3 Å². The lowest BCUT2D eigenvalue weighted by atomic mass is 10.1. The topological polar surface area (TPSA) is 79.5 Å². The third-order valence-corrected chi connectivity index (χ3v) is 6.55. The third-order valence-electron chi connectivity index (χ3n) is 5.65. The lowest BCUT2D eigenvalue weighted by molar-refractivity contribution is 0.0746. The molecule has 1 amide bonds. The van der Waals surface area contributed by atoms with Crippen LogP contribution in [0.2, 0.25) is 0 Å². The minimum Gasteiger partial charge on any atom is -0.456 e. The molecule has 7 nitrogen and oxygen atoms in total. The van der Waals surface area contributed by atoms with E-state index in [1.807, 2.05) is 49.1 Å². The van der Waals surface area contributed by atoms with Crippen molar-refractivity contribution in [3.05, 3.63) is 74.9 Å². The van der Waals surface area contributed by atoms with E-state index in [1.54, 1.807) is 23.5 Å². The molecule has 162 valence electrons. The molecule has 0 atom stereocenters. The van der Waals surface area contributed by atoms with Gasteiger partial charge in [0.15, 0.2) is 5.43 Å². The number of benzene rings is 2. The van der Waals surface area contributed by atoms with Crippen LogP contribution in [0.25, 0.3) is 22.3 Å². The number of rotatable bonds is 3. The summed E-state index contributed by atoms with van der Waals surface area (Å²) in [5.74, 6) is 0.492. The number of anilines is 1. The molecule has 5 rings (SSSR count). The van der Waals surface area contributed by atoms with Gasteiger partial charge in [0.1, 0.15) is 16.4 Å². The van der Waals surface area contributed by atoms with E-state index >= 15 is 0 Å². The normalized spacial score (nSPS) is 14.2. The zero-order chi connectivity index (χ0) is 22.2. The van der Waals surface area contributed by atoms with E-state index in [4.69, 9.17) is 4.42 Å². The van der Waals surface area contributed by atoms with E-state index in [0.717, 1.165) is 34.4 Å². The van der Waals surface area contributed by atoms with Crippen LogP contribution < -0.4 is 10.3 Å². The van der Waals surface area contributed by atoms with Crippen molar-refractivity contribution in [3.8, 4) is 11.3 Å². The Hall–Kier alpha value is -3.52. The number of carbonyl (C=O) groups excluding carboxylic acids is 1. The van der Waals surface area contributed by atoms with Crippen LogP contribution in [0.5, 0.6) is 0 Å². The highest BCUT2D eigenvalue weighted by atomic mass is 32.1. The Kier molecular flexibility index (Phi) is 5.22. The number of fused-ring (bicyclic) bond motifs is 1. The summed E-state index contributed by atoms with van der Waals surface area (Å²) in [5, 5.41) is 10.7. The van der Waals surface area contributed by atoms with Gasteiger partial charge in [-0.2, -0.15) is 0 Å². The maximum absolute atomic E-state index is 13.0. The second-order valence-electron chi connectivity index (χ2n) is 7.93. The summed E-state index contributed by atoms with van der Waals surface area (Å²) in [7, 11) is 0. The molecule has 1 aliphatic heterocycles. The van der Waals surface area contributed by atoms with Gasteiger partial charge in [0.05, 0.1) is 5.39 Å². The van der Waals surface area contributed by atoms with Crippen molar-refractivity contribution in [2.75, 3.05) is 31.1 Å². The Balaban J connectivity index is 1.31. The summed E-state index contributed by atoms with van der Waals surface area (Å²) < 4.78 is 5.94. The van der Waals surface area contributed by atoms with Crippen LogP contribution in [-0.4, -0.2) is 47.2 Å². The van der Waals surface area contributed by atoms with E-state index in [1.165, 1.54) is 6.07 Å². The van der Waals surface area contributed by atoms with Crippen molar-refractivity contribution in [2.45, 2.75) is 13.8 Å². The molecular weight excluding hydrogens is 424 g/mol. The zero-order valence-corrected chi connectivity index (χ0v) is 18.7. The van der Waals surface area contributed by atoms with E-state index < -0.39 is 0 Å². The fourth-order valence-electron chi connectivity index (χ4n) is 3.89. The standard InChI is InChI=1S/C24H22N4O3S/c1-15-3-8-21-19(13-15)20(29)14-22(31-21)17-4-6-18(7-5-17)23(30)27-9-11-28(12-10-27)24-26-25-16(2)32-24/h3-8,13-14H,9-12H2,1-2H3. The summed E-state index contributed by atoms with van der Waals surface area (Å²) in [4.78, 5) is 29.5. The van der Waals surface area contributed by atoms with E-state index in [0.29, 0.717) is 35.4 Å². The number of carbonyl (C=O) groups is 1. The molecule has 0 bridgehead atoms. The summed E-state index contributed by atoms with van der Waals surface area (Å²) in [6.45, 7) is 6.63. The van der Waals surface area contributed by atoms with Gasteiger partial charge in [-0.1, -0.05) is 35.1 Å². The Morgan fingerprint density at radius 1 is 0.969 bits per heavy atom. The summed E-state index contributed by atoms with van der Waals surface area (Å²) >= 11 is 1.57. The van der Waals surface area contributed by atoms with Crippen molar-refractivity contribution in [3.63, 3.8) is 0 Å². The lowest BCUT2D eigenvalue weighted by Crippen LogP contribution is -2.48. The minimum atomic E-state index is -0.0754. The molecule has 4 aromatic rings. The van der Waals surface area contributed by atoms with Gasteiger partial charge in [-0.15, -0.1) is 10.2 Å². The molecule has 8 heteroatoms. The van der Waals surface area contributed by atoms with Crippen LogP contribution in [-0.2, 0) is 0 Å². The van der Waals surface area contributed by atoms with Crippen molar-refractivity contribution in [1.82, 2.24) is 15.1 Å². The number of aromatic nitrogens is 2. The largest absolute Gasteiger partial charge is 0.456 e. The smallest absolute Gasteiger partial charge is 0.253 e. The fourth-order valence-corrected chi connectivity index (χ4v) is 4.63. The van der Waals surface area contributed by atoms with Crippen LogP contribution in [0, 0.1) is 13.8 Å². The molecule has 32 heavy (non-hydrogen) atoms. The van der Waals surface area contributed by atoms with Gasteiger partial charge in [0.2, 0.25) is 5.13 Å². The van der Waals surface area contributed by atoms with Crippen LogP contribution in [0.1, 0.15) is 20.9 Å². The molecule has 0 N–H and O–H groups in total. The van der Waals surface area contributed by atoms with Gasteiger partial charge in [0, 0.05) is 43.4 Å². The number of hydrogen-bond donors (Lipinski definition) is 0. The first-order valence-corrected chi connectivity index (χ1v) is 11.3. The van der Waals surface area contributed by atoms with Crippen LogP contribution in [0.4, 0.5) is 5.13 Å². The molecule has 1 saturated heterocycles. The van der Waals surface area contributed by atoms with E-state index in [9.17, 15) is 9.59 Å². The van der Waals surface area contributed by atoms with Gasteiger partial charge in [-0.25, -0.2) is 0 Å². The van der Waals surface area contributed by atoms with Gasteiger partial charge in [-0.05, 0) is 38.1 Å². The molecule has 0 unspecified atom stereocenters. The number of hydrogen-bond acceptors (Lipinski definition) is 7. The molecule has 3 heterocycles. The second-order valence-corrected chi connectivity index (χ2v) is 9.09. The summed E-state index contributed by atoms with van der Waals surface area (Å²) in [6, 6.07) is 14.3. The zero-order valence-electron chi connectivity index (χ0n) is 17.9. The first kappa shape index (κ1) is 20.4. The van der Waals surface area contributed by atoms with Gasteiger partial charge < -0.3 is 14.2 Å². The van der Waals surface area contributed by atoms with Gasteiger partial charge in [-0.3, -0.25) is 9.59 Å². The Bertz CT molecular complexity index is 1350. The fraction of sp³-hybridized carbons (Fsp3) is 0.250. The van der Waals surface area contributed by atoms with Crippen LogP contribution in [0.15, 0.2) is 57.7 Å². The highest BCUT2D eigenvalue weighted by Crippen LogP contribution is 2.24. The number of piperazine rings is 1. The molecule has 2 aromatic heterocycles. The molecule has 0 spiro atoms. The monoisotopic (exact) mass is 446 g/mol. The first-order valence-electron chi connectivity index (χ1n) is 10.5. The quantitative estimate of drug-likeness (QED) is 0.475. The minimum absolute atomic E-state index is 0.0000775. The maximum atomic E-state index is 13.0. The molecular formula is C24H22N4O3S. The first-order chi connectivity index (χ1) is 15.5. The van der Waals surface area contributed by atoms with Crippen LogP contribution >= 0.6 is 11.3 Å².